The molecule has 0 aliphatic carbocycles. The molecule has 122 valence electrons. The smallest absolute Gasteiger partial charge is 0.254 e. The molecule has 2 aromatic carbocycles. The maximum absolute atomic E-state index is 13.9. The summed E-state index contributed by atoms with van der Waals surface area (Å²) in [6.07, 6.45) is 0. The number of carbonyl (C=O) groups is 1. The quantitative estimate of drug-likeness (QED) is 0.846. The molecular formula is C18H22FN2O2+. The zero-order valence-corrected chi connectivity index (χ0v) is 13.7. The normalized spacial score (nSPS) is 10.7. The van der Waals surface area contributed by atoms with E-state index in [9.17, 15) is 9.18 Å². The molecule has 0 unspecified atom stereocenters. The zero-order chi connectivity index (χ0) is 16.8. The van der Waals surface area contributed by atoms with Crippen molar-refractivity contribution < 1.29 is 18.8 Å². The number of ether oxygens (including phenoxy) is 1. The standard InChI is InChI=1S/C18H21FN2O2/c1-21(2)12-14-7-5-4-6-13(14)11-20-18(22)16-9-8-15(23-3)10-17(16)19/h4-10H,11-12H2,1-3H3,(H,20,22)/p+1. The van der Waals surface area contributed by atoms with Gasteiger partial charge < -0.3 is 15.0 Å². The first-order valence-corrected chi connectivity index (χ1v) is 7.49. The molecule has 2 N–H and O–H groups in total. The highest BCUT2D eigenvalue weighted by molar-refractivity contribution is 5.94. The number of benzene rings is 2. The molecule has 5 heteroatoms. The summed E-state index contributed by atoms with van der Waals surface area (Å²) < 4.78 is 18.9. The Morgan fingerprint density at radius 3 is 2.48 bits per heavy atom. The van der Waals surface area contributed by atoms with Crippen LogP contribution in [0.2, 0.25) is 0 Å². The second-order valence-corrected chi connectivity index (χ2v) is 5.68. The maximum Gasteiger partial charge on any atom is 0.254 e. The summed E-state index contributed by atoms with van der Waals surface area (Å²) >= 11 is 0. The maximum atomic E-state index is 13.9. The van der Waals surface area contributed by atoms with Gasteiger partial charge in [-0.3, -0.25) is 4.79 Å². The first-order chi connectivity index (χ1) is 11.0. The lowest BCUT2D eigenvalue weighted by atomic mass is 10.1. The Labute approximate surface area is 135 Å². The highest BCUT2D eigenvalue weighted by atomic mass is 19.1. The predicted molar refractivity (Wildman–Crippen MR) is 87.1 cm³/mol. The lowest BCUT2D eigenvalue weighted by molar-refractivity contribution is -0.872. The minimum Gasteiger partial charge on any atom is -0.497 e. The lowest BCUT2D eigenvalue weighted by Gasteiger charge is -2.13. The van der Waals surface area contributed by atoms with Crippen LogP contribution in [0.1, 0.15) is 21.5 Å². The average Bonchev–Trinajstić information content (AvgIpc) is 2.53. The van der Waals surface area contributed by atoms with Crippen LogP contribution in [0.15, 0.2) is 42.5 Å². The van der Waals surface area contributed by atoms with Crippen LogP contribution in [-0.4, -0.2) is 27.1 Å². The molecule has 0 heterocycles. The summed E-state index contributed by atoms with van der Waals surface area (Å²) in [5, 5.41) is 2.78. The van der Waals surface area contributed by atoms with Gasteiger partial charge in [-0.05, 0) is 17.7 Å². The third kappa shape index (κ3) is 4.53. The van der Waals surface area contributed by atoms with E-state index >= 15 is 0 Å². The molecule has 0 saturated carbocycles. The number of amides is 1. The van der Waals surface area contributed by atoms with Gasteiger partial charge >= 0.3 is 0 Å². The van der Waals surface area contributed by atoms with Crippen molar-refractivity contribution in [2.45, 2.75) is 13.1 Å². The summed E-state index contributed by atoms with van der Waals surface area (Å²) in [6, 6.07) is 12.1. The summed E-state index contributed by atoms with van der Waals surface area (Å²) in [7, 11) is 5.60. The van der Waals surface area contributed by atoms with Crippen LogP contribution < -0.4 is 15.0 Å². The fourth-order valence-corrected chi connectivity index (χ4v) is 2.36. The number of methoxy groups -OCH3 is 1. The van der Waals surface area contributed by atoms with Gasteiger partial charge in [-0.25, -0.2) is 4.39 Å². The number of hydrogen-bond donors (Lipinski definition) is 2. The van der Waals surface area contributed by atoms with E-state index in [4.69, 9.17) is 4.74 Å². The number of rotatable bonds is 6. The largest absolute Gasteiger partial charge is 0.497 e. The van der Waals surface area contributed by atoms with Gasteiger partial charge in [0.1, 0.15) is 18.1 Å². The predicted octanol–water partition coefficient (Wildman–Crippen LogP) is 1.41. The molecular weight excluding hydrogens is 295 g/mol. The minimum absolute atomic E-state index is 0.0153. The van der Waals surface area contributed by atoms with E-state index in [1.54, 1.807) is 6.07 Å². The van der Waals surface area contributed by atoms with Crippen LogP contribution in [0.25, 0.3) is 0 Å². The van der Waals surface area contributed by atoms with E-state index in [2.05, 4.69) is 19.4 Å². The van der Waals surface area contributed by atoms with Crippen molar-refractivity contribution in [1.82, 2.24) is 5.32 Å². The van der Waals surface area contributed by atoms with E-state index in [0.29, 0.717) is 12.3 Å². The lowest BCUT2D eigenvalue weighted by Crippen LogP contribution is -3.04. The molecule has 0 radical (unpaired) electrons. The van der Waals surface area contributed by atoms with Crippen molar-refractivity contribution in [3.63, 3.8) is 0 Å². The molecule has 0 saturated heterocycles. The Kier molecular flexibility index (Phi) is 5.71. The Bertz CT molecular complexity index is 686. The molecule has 0 atom stereocenters. The molecule has 0 aromatic heterocycles. The van der Waals surface area contributed by atoms with Crippen LogP contribution in [0.3, 0.4) is 0 Å². The summed E-state index contributed by atoms with van der Waals surface area (Å²) in [4.78, 5) is 13.5. The molecule has 1 amide bonds. The number of halogens is 1. The van der Waals surface area contributed by atoms with Crippen molar-refractivity contribution in [2.24, 2.45) is 0 Å². The molecule has 0 bridgehead atoms. The number of carbonyl (C=O) groups excluding carboxylic acids is 1. The van der Waals surface area contributed by atoms with Crippen LogP contribution in [0, 0.1) is 5.82 Å². The van der Waals surface area contributed by atoms with Gasteiger partial charge in [-0.1, -0.05) is 24.3 Å². The second kappa shape index (κ2) is 7.74. The van der Waals surface area contributed by atoms with Gasteiger partial charge in [0.15, 0.2) is 0 Å². The molecule has 0 aliphatic heterocycles. The first-order valence-electron chi connectivity index (χ1n) is 7.49. The highest BCUT2D eigenvalue weighted by Gasteiger charge is 2.13. The van der Waals surface area contributed by atoms with E-state index < -0.39 is 11.7 Å². The van der Waals surface area contributed by atoms with Gasteiger partial charge in [0.25, 0.3) is 5.91 Å². The highest BCUT2D eigenvalue weighted by Crippen LogP contribution is 2.16. The minimum atomic E-state index is -0.590. The third-order valence-electron chi connectivity index (χ3n) is 3.52. The molecule has 0 fully saturated rings. The topological polar surface area (TPSA) is 42.8 Å². The molecule has 2 aromatic rings. The molecule has 0 spiro atoms. The van der Waals surface area contributed by atoms with Gasteiger partial charge in [0.05, 0.1) is 26.8 Å². The van der Waals surface area contributed by atoms with Gasteiger partial charge in [-0.2, -0.15) is 0 Å². The van der Waals surface area contributed by atoms with E-state index in [-0.39, 0.29) is 5.56 Å². The van der Waals surface area contributed by atoms with Crippen LogP contribution in [0.4, 0.5) is 4.39 Å². The number of hydrogen-bond acceptors (Lipinski definition) is 2. The fraction of sp³-hybridized carbons (Fsp3) is 0.278. The number of quaternary nitrogens is 1. The zero-order valence-electron chi connectivity index (χ0n) is 13.7. The number of nitrogens with one attached hydrogen (secondary N) is 2. The van der Waals surface area contributed by atoms with E-state index in [0.717, 1.165) is 12.1 Å². The van der Waals surface area contributed by atoms with Crippen molar-refractivity contribution in [2.75, 3.05) is 21.2 Å². The fourth-order valence-electron chi connectivity index (χ4n) is 2.36. The SMILES string of the molecule is COc1ccc(C(=O)NCc2ccccc2C[NH+](C)C)c(F)c1. The average molecular weight is 317 g/mol. The van der Waals surface area contributed by atoms with Crippen molar-refractivity contribution >= 4 is 5.91 Å². The molecule has 0 aliphatic rings. The van der Waals surface area contributed by atoms with Crippen molar-refractivity contribution in [1.29, 1.82) is 0 Å². The Hall–Kier alpha value is -2.40. The Morgan fingerprint density at radius 1 is 1.17 bits per heavy atom. The third-order valence-corrected chi connectivity index (χ3v) is 3.52. The van der Waals surface area contributed by atoms with Gasteiger partial charge in [0, 0.05) is 18.2 Å². The van der Waals surface area contributed by atoms with Crippen LogP contribution >= 0.6 is 0 Å². The summed E-state index contributed by atoms with van der Waals surface area (Å²) in [5.41, 5.74) is 2.22. The second-order valence-electron chi connectivity index (χ2n) is 5.68. The van der Waals surface area contributed by atoms with E-state index in [1.165, 1.54) is 29.7 Å². The van der Waals surface area contributed by atoms with Crippen LogP contribution in [-0.2, 0) is 13.1 Å². The van der Waals surface area contributed by atoms with Crippen molar-refractivity contribution in [3.8, 4) is 5.75 Å². The van der Waals surface area contributed by atoms with E-state index in [1.807, 2.05) is 24.3 Å². The van der Waals surface area contributed by atoms with Crippen LogP contribution in [0.5, 0.6) is 5.75 Å². The summed E-state index contributed by atoms with van der Waals surface area (Å²) in [6.45, 7) is 1.23. The Morgan fingerprint density at radius 2 is 1.87 bits per heavy atom. The van der Waals surface area contributed by atoms with Gasteiger partial charge in [0.2, 0.25) is 0 Å². The monoisotopic (exact) mass is 317 g/mol. The van der Waals surface area contributed by atoms with Gasteiger partial charge in [-0.15, -0.1) is 0 Å². The molecule has 23 heavy (non-hydrogen) atoms. The first kappa shape index (κ1) is 17.0. The molecule has 2 rings (SSSR count). The Balaban J connectivity index is 2.08. The van der Waals surface area contributed by atoms with Crippen molar-refractivity contribution in [3.05, 3.63) is 65.0 Å². The summed E-state index contributed by atoms with van der Waals surface area (Å²) in [5.74, 6) is -0.636. The molecule has 4 nitrogen and oxygen atoms in total.